The summed E-state index contributed by atoms with van der Waals surface area (Å²) in [6, 6.07) is 5.13. The van der Waals surface area contributed by atoms with Crippen molar-refractivity contribution in [3.05, 3.63) is 63.3 Å². The number of aromatic nitrogens is 2. The van der Waals surface area contributed by atoms with Gasteiger partial charge in [-0.2, -0.15) is 0 Å². The number of hydrogen-bond acceptors (Lipinski definition) is 4. The summed E-state index contributed by atoms with van der Waals surface area (Å²) in [5.41, 5.74) is 0.932. The van der Waals surface area contributed by atoms with Crippen LogP contribution in [0.3, 0.4) is 0 Å². The van der Waals surface area contributed by atoms with Crippen molar-refractivity contribution < 1.29 is 9.53 Å². The lowest BCUT2D eigenvalue weighted by Gasteiger charge is -2.33. The molecule has 0 bridgehead atoms. The lowest BCUT2D eigenvalue weighted by atomic mass is 10.1. The predicted octanol–water partition coefficient (Wildman–Crippen LogP) is 1.64. The molecule has 22 heavy (non-hydrogen) atoms. The fourth-order valence-electron chi connectivity index (χ4n) is 2.38. The normalized spacial score (nSPS) is 18.2. The number of pyridine rings is 2. The van der Waals surface area contributed by atoms with Crippen LogP contribution in [-0.4, -0.2) is 40.5 Å². The molecule has 2 aromatic heterocycles. The van der Waals surface area contributed by atoms with Crippen LogP contribution >= 0.6 is 11.6 Å². The first-order valence-corrected chi connectivity index (χ1v) is 7.22. The van der Waals surface area contributed by atoms with Crippen LogP contribution in [0.5, 0.6) is 0 Å². The highest BCUT2D eigenvalue weighted by Crippen LogP contribution is 2.22. The van der Waals surface area contributed by atoms with Gasteiger partial charge in [-0.05, 0) is 23.8 Å². The van der Waals surface area contributed by atoms with Gasteiger partial charge in [0.15, 0.2) is 0 Å². The Bertz CT molecular complexity index is 732. The highest BCUT2D eigenvalue weighted by molar-refractivity contribution is 6.30. The van der Waals surface area contributed by atoms with Gasteiger partial charge in [-0.1, -0.05) is 11.6 Å². The van der Waals surface area contributed by atoms with Crippen LogP contribution in [0.2, 0.25) is 5.02 Å². The van der Waals surface area contributed by atoms with Crippen LogP contribution in [0.15, 0.2) is 41.6 Å². The van der Waals surface area contributed by atoms with E-state index in [-0.39, 0.29) is 17.0 Å². The van der Waals surface area contributed by atoms with E-state index in [9.17, 15) is 9.59 Å². The molecule has 1 saturated heterocycles. The summed E-state index contributed by atoms with van der Waals surface area (Å²) in [5, 5.41) is 0.00444. The molecule has 1 N–H and O–H groups in total. The summed E-state index contributed by atoms with van der Waals surface area (Å²) in [7, 11) is 0. The van der Waals surface area contributed by atoms with Crippen molar-refractivity contribution in [2.24, 2.45) is 0 Å². The molecule has 1 aliphatic heterocycles. The van der Waals surface area contributed by atoms with E-state index in [4.69, 9.17) is 16.3 Å². The summed E-state index contributed by atoms with van der Waals surface area (Å²) >= 11 is 5.78. The summed E-state index contributed by atoms with van der Waals surface area (Å²) in [4.78, 5) is 31.9. The molecule has 1 amide bonds. The van der Waals surface area contributed by atoms with Crippen molar-refractivity contribution in [1.29, 1.82) is 0 Å². The number of carbonyl (C=O) groups is 1. The molecule has 3 heterocycles. The monoisotopic (exact) mass is 319 g/mol. The maximum Gasteiger partial charge on any atom is 0.266 e. The lowest BCUT2D eigenvalue weighted by molar-refractivity contribution is -0.0228. The maximum absolute atomic E-state index is 12.5. The van der Waals surface area contributed by atoms with Crippen LogP contribution in [0.4, 0.5) is 0 Å². The van der Waals surface area contributed by atoms with Crippen LogP contribution in [0, 0.1) is 0 Å². The van der Waals surface area contributed by atoms with E-state index in [0.717, 1.165) is 5.56 Å². The maximum atomic E-state index is 12.5. The topological polar surface area (TPSA) is 75.3 Å². The predicted molar refractivity (Wildman–Crippen MR) is 80.9 cm³/mol. The van der Waals surface area contributed by atoms with Crippen molar-refractivity contribution in [3.8, 4) is 0 Å². The largest absolute Gasteiger partial charge is 0.370 e. The first-order valence-electron chi connectivity index (χ1n) is 6.84. The molecule has 3 rings (SSSR count). The van der Waals surface area contributed by atoms with E-state index in [1.54, 1.807) is 17.3 Å². The van der Waals surface area contributed by atoms with Gasteiger partial charge in [0.25, 0.3) is 11.5 Å². The minimum absolute atomic E-state index is 0.00444. The van der Waals surface area contributed by atoms with E-state index >= 15 is 0 Å². The van der Waals surface area contributed by atoms with Crippen molar-refractivity contribution in [2.45, 2.75) is 6.10 Å². The third kappa shape index (κ3) is 3.03. The molecule has 1 fully saturated rings. The first kappa shape index (κ1) is 14.7. The first-order chi connectivity index (χ1) is 10.6. The Kier molecular flexibility index (Phi) is 4.22. The smallest absolute Gasteiger partial charge is 0.266 e. The van der Waals surface area contributed by atoms with E-state index in [1.807, 2.05) is 12.1 Å². The van der Waals surface area contributed by atoms with Crippen LogP contribution < -0.4 is 5.56 Å². The summed E-state index contributed by atoms with van der Waals surface area (Å²) in [6.45, 7) is 1.40. The molecular formula is C15H14ClN3O3. The van der Waals surface area contributed by atoms with Gasteiger partial charge >= 0.3 is 0 Å². The van der Waals surface area contributed by atoms with E-state index < -0.39 is 5.56 Å². The van der Waals surface area contributed by atoms with Gasteiger partial charge < -0.3 is 14.6 Å². The number of ether oxygens (including phenoxy) is 1. The molecule has 6 nitrogen and oxygen atoms in total. The third-order valence-corrected chi connectivity index (χ3v) is 3.82. The molecule has 0 aromatic carbocycles. The molecule has 1 aliphatic rings. The van der Waals surface area contributed by atoms with Gasteiger partial charge in [0.2, 0.25) is 0 Å². The molecule has 0 unspecified atom stereocenters. The highest BCUT2D eigenvalue weighted by Gasteiger charge is 2.26. The average molecular weight is 320 g/mol. The summed E-state index contributed by atoms with van der Waals surface area (Å²) < 4.78 is 5.72. The third-order valence-electron chi connectivity index (χ3n) is 3.54. The molecule has 114 valence electrons. The van der Waals surface area contributed by atoms with Crippen molar-refractivity contribution in [2.75, 3.05) is 19.7 Å². The highest BCUT2D eigenvalue weighted by atomic mass is 35.5. The standard InChI is InChI=1S/C15H14ClN3O3/c16-12-7-11(8-18-14(12)20)15(21)19-5-6-22-13(9-19)10-1-3-17-4-2-10/h1-4,7-8,13H,5-6,9H2,(H,18,20)/t13-/m1/s1. The zero-order chi connectivity index (χ0) is 15.5. The summed E-state index contributed by atoms with van der Waals surface area (Å²) in [6.07, 6.45) is 4.59. The fourth-order valence-corrected chi connectivity index (χ4v) is 2.55. The van der Waals surface area contributed by atoms with Gasteiger partial charge in [-0.15, -0.1) is 0 Å². The molecule has 7 heteroatoms. The Balaban J connectivity index is 1.78. The number of H-pyrrole nitrogens is 1. The van der Waals surface area contributed by atoms with Crippen molar-refractivity contribution in [1.82, 2.24) is 14.9 Å². The quantitative estimate of drug-likeness (QED) is 0.913. The van der Waals surface area contributed by atoms with Crippen LogP contribution in [0.25, 0.3) is 0 Å². The Labute approximate surface area is 131 Å². The average Bonchev–Trinajstić information content (AvgIpc) is 2.57. The number of halogens is 1. The van der Waals surface area contributed by atoms with Gasteiger partial charge in [-0.3, -0.25) is 14.6 Å². The lowest BCUT2D eigenvalue weighted by Crippen LogP contribution is -2.42. The number of hydrogen-bond donors (Lipinski definition) is 1. The zero-order valence-electron chi connectivity index (χ0n) is 11.7. The number of morpholine rings is 1. The molecule has 0 spiro atoms. The van der Waals surface area contributed by atoms with Gasteiger partial charge in [-0.25, -0.2) is 0 Å². The fraction of sp³-hybridized carbons (Fsp3) is 0.267. The minimum Gasteiger partial charge on any atom is -0.370 e. The summed E-state index contributed by atoms with van der Waals surface area (Å²) in [5.74, 6) is -0.180. The second-order valence-corrected chi connectivity index (χ2v) is 5.36. The number of nitrogens with zero attached hydrogens (tertiary/aromatic N) is 2. The number of nitrogens with one attached hydrogen (secondary N) is 1. The SMILES string of the molecule is O=C(c1c[nH]c(=O)c(Cl)c1)N1CCO[C@@H](c2ccncc2)C1. The Morgan fingerprint density at radius 1 is 1.41 bits per heavy atom. The van der Waals surface area contributed by atoms with Crippen molar-refractivity contribution in [3.63, 3.8) is 0 Å². The number of rotatable bonds is 2. The molecule has 0 saturated carbocycles. The second-order valence-electron chi connectivity index (χ2n) is 4.96. The van der Waals surface area contributed by atoms with E-state index in [0.29, 0.717) is 25.3 Å². The Morgan fingerprint density at radius 3 is 2.91 bits per heavy atom. The second kappa shape index (κ2) is 6.29. The van der Waals surface area contributed by atoms with Crippen LogP contribution in [-0.2, 0) is 4.74 Å². The molecule has 1 atom stereocenters. The molecule has 0 radical (unpaired) electrons. The van der Waals surface area contributed by atoms with E-state index in [2.05, 4.69) is 9.97 Å². The Morgan fingerprint density at radius 2 is 2.18 bits per heavy atom. The Hall–Kier alpha value is -2.18. The van der Waals surface area contributed by atoms with Crippen molar-refractivity contribution >= 4 is 17.5 Å². The molecule has 0 aliphatic carbocycles. The van der Waals surface area contributed by atoms with Gasteiger partial charge in [0.05, 0.1) is 18.7 Å². The van der Waals surface area contributed by atoms with E-state index in [1.165, 1.54) is 12.3 Å². The molecular weight excluding hydrogens is 306 g/mol. The van der Waals surface area contributed by atoms with Crippen LogP contribution in [0.1, 0.15) is 22.0 Å². The zero-order valence-corrected chi connectivity index (χ0v) is 12.4. The number of carbonyl (C=O) groups excluding carboxylic acids is 1. The minimum atomic E-state index is -0.408. The number of aromatic amines is 1. The van der Waals surface area contributed by atoms with Gasteiger partial charge in [0, 0.05) is 25.1 Å². The molecule has 2 aromatic rings. The number of amides is 1. The van der Waals surface area contributed by atoms with Gasteiger partial charge in [0.1, 0.15) is 11.1 Å².